The van der Waals surface area contributed by atoms with Crippen LogP contribution in [0, 0.1) is 0 Å². The van der Waals surface area contributed by atoms with E-state index in [2.05, 4.69) is 78.2 Å². The van der Waals surface area contributed by atoms with Gasteiger partial charge in [-0.1, -0.05) is 91.0 Å². The van der Waals surface area contributed by atoms with Crippen LogP contribution in [0.4, 0.5) is 0 Å². The molecular weight excluding hydrogens is 430 g/mol. The van der Waals surface area contributed by atoms with E-state index in [0.29, 0.717) is 5.89 Å². The molecule has 4 nitrogen and oxygen atoms in total. The summed E-state index contributed by atoms with van der Waals surface area (Å²) in [4.78, 5) is 9.84. The molecule has 1 unspecified atom stereocenters. The minimum atomic E-state index is 0.0733. The highest BCUT2D eigenvalue weighted by atomic mass is 16.3. The van der Waals surface area contributed by atoms with Gasteiger partial charge in [-0.25, -0.2) is 9.98 Å². The Bertz CT molecular complexity index is 1710. The molecule has 1 aliphatic heterocycles. The lowest BCUT2D eigenvalue weighted by molar-refractivity contribution is 0.623. The standard InChI is InChI=1S/C31H21N3O/c1-3-9-21(10-4-1)28-24-13-7-8-14-26(24)32-30(34-28)23-16-15-20-17-18-27-29(25(20)19-23)35-31(33-27)22-11-5-2-6-12-22/h1-19,26H,(H,32,34). The van der Waals surface area contributed by atoms with E-state index in [4.69, 9.17) is 14.4 Å². The zero-order valence-corrected chi connectivity index (χ0v) is 18.8. The lowest BCUT2D eigenvalue weighted by Crippen LogP contribution is -2.39. The fraction of sp³-hybridized carbons (Fsp3) is 0.0323. The first-order chi connectivity index (χ1) is 17.3. The maximum atomic E-state index is 6.29. The number of aromatic nitrogens is 1. The molecule has 0 radical (unpaired) electrons. The molecule has 0 spiro atoms. The summed E-state index contributed by atoms with van der Waals surface area (Å²) in [5.41, 5.74) is 6.89. The van der Waals surface area contributed by atoms with Crippen LogP contribution in [0.25, 0.3) is 39.0 Å². The third kappa shape index (κ3) is 3.39. The number of benzene rings is 4. The van der Waals surface area contributed by atoms with Crippen LogP contribution < -0.4 is 5.32 Å². The molecule has 1 N–H and O–H groups in total. The normalized spacial score (nSPS) is 16.9. The number of aliphatic imine (C=N–C) groups is 1. The van der Waals surface area contributed by atoms with Crippen LogP contribution in [0.1, 0.15) is 11.1 Å². The van der Waals surface area contributed by atoms with Crippen LogP contribution in [0.3, 0.4) is 0 Å². The van der Waals surface area contributed by atoms with E-state index in [0.717, 1.165) is 50.1 Å². The Morgan fingerprint density at radius 1 is 0.743 bits per heavy atom. The first-order valence-electron chi connectivity index (χ1n) is 11.7. The van der Waals surface area contributed by atoms with Gasteiger partial charge in [0.2, 0.25) is 5.89 Å². The van der Waals surface area contributed by atoms with Crippen LogP contribution in [0.15, 0.2) is 130 Å². The molecular formula is C31H21N3O. The van der Waals surface area contributed by atoms with Gasteiger partial charge >= 0.3 is 0 Å². The van der Waals surface area contributed by atoms with E-state index in [1.165, 1.54) is 5.57 Å². The van der Waals surface area contributed by atoms with Crippen LogP contribution in [0.2, 0.25) is 0 Å². The summed E-state index contributed by atoms with van der Waals surface area (Å²) >= 11 is 0. The quantitative estimate of drug-likeness (QED) is 0.324. The summed E-state index contributed by atoms with van der Waals surface area (Å²) in [5.74, 6) is 1.48. The maximum Gasteiger partial charge on any atom is 0.227 e. The molecule has 7 rings (SSSR count). The smallest absolute Gasteiger partial charge is 0.227 e. The average molecular weight is 452 g/mol. The minimum absolute atomic E-state index is 0.0733. The first kappa shape index (κ1) is 19.7. The van der Waals surface area contributed by atoms with Crippen molar-refractivity contribution in [1.29, 1.82) is 0 Å². The van der Waals surface area contributed by atoms with Gasteiger partial charge in [-0.15, -0.1) is 0 Å². The van der Waals surface area contributed by atoms with Crippen molar-refractivity contribution in [2.45, 2.75) is 6.04 Å². The van der Waals surface area contributed by atoms with Crippen molar-refractivity contribution in [2.75, 3.05) is 0 Å². The molecule has 5 aromatic rings. The second-order valence-electron chi connectivity index (χ2n) is 8.73. The van der Waals surface area contributed by atoms with E-state index in [1.807, 2.05) is 42.5 Å². The van der Waals surface area contributed by atoms with Gasteiger partial charge in [0.05, 0.1) is 11.7 Å². The summed E-state index contributed by atoms with van der Waals surface area (Å²) in [6.07, 6.45) is 8.47. The summed E-state index contributed by atoms with van der Waals surface area (Å²) in [6.45, 7) is 0. The van der Waals surface area contributed by atoms with E-state index >= 15 is 0 Å². The SMILES string of the molecule is C1=CC2=C(c3ccccc3)N=C(c3ccc4ccc5nc(-c6ccccc6)oc5c4c3)NC2C=C1. The molecule has 2 heterocycles. The van der Waals surface area contributed by atoms with Crippen LogP contribution in [-0.2, 0) is 0 Å². The Labute approximate surface area is 202 Å². The zero-order chi connectivity index (χ0) is 23.2. The topological polar surface area (TPSA) is 50.4 Å². The molecule has 0 fully saturated rings. The van der Waals surface area contributed by atoms with Crippen LogP contribution >= 0.6 is 0 Å². The molecule has 166 valence electrons. The molecule has 0 saturated carbocycles. The monoisotopic (exact) mass is 451 g/mol. The number of hydrogen-bond acceptors (Lipinski definition) is 4. The Morgan fingerprint density at radius 2 is 1.51 bits per heavy atom. The van der Waals surface area contributed by atoms with Crippen molar-refractivity contribution in [3.8, 4) is 11.5 Å². The van der Waals surface area contributed by atoms with Crippen molar-refractivity contribution in [3.63, 3.8) is 0 Å². The number of fused-ring (bicyclic) bond motifs is 4. The number of hydrogen-bond donors (Lipinski definition) is 1. The summed E-state index contributed by atoms with van der Waals surface area (Å²) in [7, 11) is 0. The summed E-state index contributed by atoms with van der Waals surface area (Å²) < 4.78 is 6.29. The summed E-state index contributed by atoms with van der Waals surface area (Å²) in [6, 6.07) is 31.0. The molecule has 1 aromatic heterocycles. The predicted octanol–water partition coefficient (Wildman–Crippen LogP) is 6.90. The fourth-order valence-electron chi connectivity index (χ4n) is 4.78. The molecule has 0 amide bonds. The third-order valence-corrected chi connectivity index (χ3v) is 6.53. The number of allylic oxidation sites excluding steroid dienone is 2. The van der Waals surface area contributed by atoms with E-state index in [9.17, 15) is 0 Å². The van der Waals surface area contributed by atoms with Gasteiger partial charge in [0.25, 0.3) is 0 Å². The number of rotatable bonds is 3. The molecule has 4 heteroatoms. The third-order valence-electron chi connectivity index (χ3n) is 6.53. The van der Waals surface area contributed by atoms with Gasteiger partial charge in [-0.3, -0.25) is 0 Å². The van der Waals surface area contributed by atoms with Gasteiger partial charge in [-0.2, -0.15) is 0 Å². The second kappa shape index (κ2) is 7.96. The largest absolute Gasteiger partial charge is 0.435 e. The number of amidine groups is 1. The Morgan fingerprint density at radius 3 is 2.34 bits per heavy atom. The molecule has 35 heavy (non-hydrogen) atoms. The van der Waals surface area contributed by atoms with E-state index in [1.54, 1.807) is 0 Å². The van der Waals surface area contributed by atoms with Gasteiger partial charge in [0.1, 0.15) is 11.4 Å². The van der Waals surface area contributed by atoms with E-state index in [-0.39, 0.29) is 6.04 Å². The van der Waals surface area contributed by atoms with Gasteiger partial charge in [0.15, 0.2) is 5.58 Å². The van der Waals surface area contributed by atoms with Crippen LogP contribution in [0.5, 0.6) is 0 Å². The lowest BCUT2D eigenvalue weighted by atomic mass is 9.94. The van der Waals surface area contributed by atoms with Gasteiger partial charge in [-0.05, 0) is 29.7 Å². The molecule has 0 saturated heterocycles. The minimum Gasteiger partial charge on any atom is -0.435 e. The molecule has 0 bridgehead atoms. The number of oxazole rings is 1. The Hall–Kier alpha value is -4.70. The highest BCUT2D eigenvalue weighted by Gasteiger charge is 2.24. The molecule has 1 atom stereocenters. The maximum absolute atomic E-state index is 6.29. The van der Waals surface area contributed by atoms with Gasteiger partial charge < -0.3 is 9.73 Å². The first-order valence-corrected chi connectivity index (χ1v) is 11.7. The van der Waals surface area contributed by atoms with Crippen molar-refractivity contribution in [3.05, 3.63) is 132 Å². The van der Waals surface area contributed by atoms with Crippen molar-refractivity contribution in [1.82, 2.24) is 10.3 Å². The Kier molecular flexibility index (Phi) is 4.49. The fourth-order valence-corrected chi connectivity index (χ4v) is 4.78. The van der Waals surface area contributed by atoms with Crippen LogP contribution in [-0.4, -0.2) is 16.9 Å². The van der Waals surface area contributed by atoms with Crippen molar-refractivity contribution in [2.24, 2.45) is 4.99 Å². The highest BCUT2D eigenvalue weighted by molar-refractivity contribution is 6.10. The van der Waals surface area contributed by atoms with Crippen molar-refractivity contribution >= 4 is 33.4 Å². The Balaban J connectivity index is 1.38. The van der Waals surface area contributed by atoms with Crippen molar-refractivity contribution < 1.29 is 4.42 Å². The highest BCUT2D eigenvalue weighted by Crippen LogP contribution is 2.33. The van der Waals surface area contributed by atoms with E-state index < -0.39 is 0 Å². The lowest BCUT2D eigenvalue weighted by Gasteiger charge is -2.28. The predicted molar refractivity (Wildman–Crippen MR) is 142 cm³/mol. The summed E-state index contributed by atoms with van der Waals surface area (Å²) in [5, 5.41) is 5.75. The second-order valence-corrected chi connectivity index (χ2v) is 8.73. The van der Waals surface area contributed by atoms with Gasteiger partial charge in [0, 0.05) is 27.6 Å². The number of nitrogens with zero attached hydrogens (tertiary/aromatic N) is 2. The molecule has 2 aliphatic rings. The average Bonchev–Trinajstić information content (AvgIpc) is 3.38. The zero-order valence-electron chi connectivity index (χ0n) is 18.8. The number of nitrogens with one attached hydrogen (secondary N) is 1. The molecule has 4 aromatic carbocycles. The molecule has 1 aliphatic carbocycles.